The van der Waals surface area contributed by atoms with Crippen molar-refractivity contribution in [1.29, 1.82) is 5.26 Å². The van der Waals surface area contributed by atoms with Crippen LogP contribution in [0.4, 0.5) is 19.3 Å². The molecule has 1 rings (SSSR count). The molecule has 0 radical (unpaired) electrons. The minimum atomic E-state index is -2.92. The second-order valence-corrected chi connectivity index (χ2v) is 3.97. The average Bonchev–Trinajstić information content (AvgIpc) is 2.37. The molecule has 2 amide bonds. The maximum Gasteiger partial charge on any atom is 0.387 e. The molecule has 0 heterocycles. The lowest BCUT2D eigenvalue weighted by Crippen LogP contribution is -2.37. The van der Waals surface area contributed by atoms with Crippen LogP contribution in [0.3, 0.4) is 0 Å². The van der Waals surface area contributed by atoms with E-state index in [9.17, 15) is 13.6 Å². The Hall–Kier alpha value is -2.36. The number of ether oxygens (including phenoxy) is 1. The number of nitrogens with one attached hydrogen (secondary N) is 2. The Balaban J connectivity index is 2.59. The predicted octanol–water partition coefficient (Wildman–Crippen LogP) is 3.10. The van der Waals surface area contributed by atoms with Crippen molar-refractivity contribution in [1.82, 2.24) is 5.32 Å². The molecule has 7 heteroatoms. The molecule has 1 atom stereocenters. The fraction of sp³-hybridized carbons (Fsp3) is 0.385. The fourth-order valence-electron chi connectivity index (χ4n) is 1.51. The van der Waals surface area contributed by atoms with Gasteiger partial charge in [0.25, 0.3) is 0 Å². The van der Waals surface area contributed by atoms with Gasteiger partial charge in [-0.3, -0.25) is 0 Å². The van der Waals surface area contributed by atoms with Crippen LogP contribution < -0.4 is 15.4 Å². The van der Waals surface area contributed by atoms with Gasteiger partial charge in [-0.05, 0) is 18.6 Å². The van der Waals surface area contributed by atoms with Crippen molar-refractivity contribution in [2.24, 2.45) is 0 Å². The van der Waals surface area contributed by atoms with E-state index in [-0.39, 0.29) is 18.2 Å². The molecule has 0 saturated heterocycles. The molecular weight excluding hydrogens is 268 g/mol. The number of carbonyl (C=O) groups is 1. The van der Waals surface area contributed by atoms with Crippen LogP contribution in [0.1, 0.15) is 19.8 Å². The SMILES string of the molecule is CC[C@H](CC#N)NC(=O)Nc1cccc(OC(F)F)c1. The second kappa shape index (κ2) is 7.94. The molecule has 0 aromatic heterocycles. The van der Waals surface area contributed by atoms with Crippen LogP contribution in [-0.4, -0.2) is 18.7 Å². The van der Waals surface area contributed by atoms with Gasteiger partial charge in [-0.1, -0.05) is 13.0 Å². The number of alkyl halides is 2. The third-order valence-electron chi connectivity index (χ3n) is 2.48. The summed E-state index contributed by atoms with van der Waals surface area (Å²) >= 11 is 0. The fourth-order valence-corrected chi connectivity index (χ4v) is 1.51. The third-order valence-corrected chi connectivity index (χ3v) is 2.48. The molecule has 0 aliphatic rings. The van der Waals surface area contributed by atoms with E-state index in [1.165, 1.54) is 18.2 Å². The summed E-state index contributed by atoms with van der Waals surface area (Å²) in [5.41, 5.74) is 0.326. The van der Waals surface area contributed by atoms with E-state index in [1.54, 1.807) is 6.07 Å². The molecular formula is C13H15F2N3O2. The van der Waals surface area contributed by atoms with E-state index in [1.807, 2.05) is 13.0 Å². The number of urea groups is 1. The summed E-state index contributed by atoms with van der Waals surface area (Å²) in [4.78, 5) is 11.7. The van der Waals surface area contributed by atoms with E-state index >= 15 is 0 Å². The highest BCUT2D eigenvalue weighted by Crippen LogP contribution is 2.19. The van der Waals surface area contributed by atoms with Gasteiger partial charge in [-0.25, -0.2) is 4.79 Å². The Morgan fingerprint density at radius 3 is 2.85 bits per heavy atom. The van der Waals surface area contributed by atoms with E-state index < -0.39 is 12.6 Å². The lowest BCUT2D eigenvalue weighted by molar-refractivity contribution is -0.0497. The molecule has 1 aromatic rings. The molecule has 0 aliphatic carbocycles. The number of nitriles is 1. The minimum absolute atomic E-state index is 0.0399. The first kappa shape index (κ1) is 15.7. The van der Waals surface area contributed by atoms with Crippen LogP contribution in [0.5, 0.6) is 5.75 Å². The number of amides is 2. The normalized spacial score (nSPS) is 11.6. The van der Waals surface area contributed by atoms with Gasteiger partial charge in [0.05, 0.1) is 12.5 Å². The third kappa shape index (κ3) is 5.52. The van der Waals surface area contributed by atoms with Crippen LogP contribution in [0.2, 0.25) is 0 Å². The van der Waals surface area contributed by atoms with E-state index in [4.69, 9.17) is 5.26 Å². The summed E-state index contributed by atoms with van der Waals surface area (Å²) in [6.45, 7) is -1.07. The van der Waals surface area contributed by atoms with Crippen molar-refractivity contribution < 1.29 is 18.3 Å². The van der Waals surface area contributed by atoms with Gasteiger partial charge in [0.2, 0.25) is 0 Å². The quantitative estimate of drug-likeness (QED) is 0.842. The maximum atomic E-state index is 12.1. The molecule has 0 spiro atoms. The van der Waals surface area contributed by atoms with Gasteiger partial charge in [0.1, 0.15) is 5.75 Å². The number of benzene rings is 1. The summed E-state index contributed by atoms with van der Waals surface area (Å²) in [6.07, 6.45) is 0.827. The van der Waals surface area contributed by atoms with Crippen molar-refractivity contribution in [3.63, 3.8) is 0 Å². The molecule has 0 unspecified atom stereocenters. The number of halogens is 2. The highest BCUT2D eigenvalue weighted by Gasteiger charge is 2.10. The Bertz CT molecular complexity index is 489. The summed E-state index contributed by atoms with van der Waals surface area (Å²) in [5.74, 6) is -0.0399. The highest BCUT2D eigenvalue weighted by molar-refractivity contribution is 5.89. The Kier molecular flexibility index (Phi) is 6.23. The first-order chi connectivity index (χ1) is 9.55. The maximum absolute atomic E-state index is 12.1. The number of hydrogen-bond acceptors (Lipinski definition) is 3. The zero-order valence-corrected chi connectivity index (χ0v) is 10.9. The van der Waals surface area contributed by atoms with E-state index in [0.717, 1.165) is 0 Å². The second-order valence-electron chi connectivity index (χ2n) is 3.97. The molecule has 0 fully saturated rings. The number of rotatable bonds is 6. The number of anilines is 1. The molecule has 20 heavy (non-hydrogen) atoms. The lowest BCUT2D eigenvalue weighted by Gasteiger charge is -2.14. The lowest BCUT2D eigenvalue weighted by atomic mass is 10.2. The summed E-state index contributed by atoms with van der Waals surface area (Å²) in [5, 5.41) is 13.7. The Morgan fingerprint density at radius 1 is 1.50 bits per heavy atom. The first-order valence-electron chi connectivity index (χ1n) is 6.04. The number of nitrogens with zero attached hydrogens (tertiary/aromatic N) is 1. The van der Waals surface area contributed by atoms with Crippen molar-refractivity contribution in [2.75, 3.05) is 5.32 Å². The topological polar surface area (TPSA) is 74.2 Å². The molecule has 1 aromatic carbocycles. The van der Waals surface area contributed by atoms with Crippen LogP contribution in [0.25, 0.3) is 0 Å². The van der Waals surface area contributed by atoms with Crippen LogP contribution in [-0.2, 0) is 0 Å². The predicted molar refractivity (Wildman–Crippen MR) is 69.5 cm³/mol. The van der Waals surface area contributed by atoms with Gasteiger partial charge in [-0.15, -0.1) is 0 Å². The van der Waals surface area contributed by atoms with E-state index in [0.29, 0.717) is 12.1 Å². The number of hydrogen-bond donors (Lipinski definition) is 2. The van der Waals surface area contributed by atoms with E-state index in [2.05, 4.69) is 15.4 Å². The number of carbonyl (C=O) groups excluding carboxylic acids is 1. The smallest absolute Gasteiger partial charge is 0.387 e. The Morgan fingerprint density at radius 2 is 2.25 bits per heavy atom. The monoisotopic (exact) mass is 283 g/mol. The highest BCUT2D eigenvalue weighted by atomic mass is 19.3. The zero-order valence-electron chi connectivity index (χ0n) is 10.9. The van der Waals surface area contributed by atoms with Gasteiger partial charge < -0.3 is 15.4 Å². The van der Waals surface area contributed by atoms with Crippen LogP contribution in [0.15, 0.2) is 24.3 Å². The molecule has 108 valence electrons. The molecule has 0 aliphatic heterocycles. The standard InChI is InChI=1S/C13H15F2N3O2/c1-2-9(6-7-16)17-13(19)18-10-4-3-5-11(8-10)20-12(14)15/h3-5,8-9,12H,2,6H2,1H3,(H2,17,18,19)/t9-/m1/s1. The van der Waals surface area contributed by atoms with Gasteiger partial charge in [-0.2, -0.15) is 14.0 Å². The van der Waals surface area contributed by atoms with Gasteiger partial charge in [0.15, 0.2) is 0 Å². The largest absolute Gasteiger partial charge is 0.435 e. The van der Waals surface area contributed by atoms with Crippen molar-refractivity contribution in [2.45, 2.75) is 32.4 Å². The van der Waals surface area contributed by atoms with Crippen LogP contribution >= 0.6 is 0 Å². The molecule has 2 N–H and O–H groups in total. The zero-order chi connectivity index (χ0) is 15.0. The molecule has 5 nitrogen and oxygen atoms in total. The van der Waals surface area contributed by atoms with Gasteiger partial charge >= 0.3 is 12.6 Å². The van der Waals surface area contributed by atoms with Crippen molar-refractivity contribution in [3.8, 4) is 11.8 Å². The van der Waals surface area contributed by atoms with Crippen molar-refractivity contribution in [3.05, 3.63) is 24.3 Å². The summed E-state index contributed by atoms with van der Waals surface area (Å²) < 4.78 is 28.4. The summed E-state index contributed by atoms with van der Waals surface area (Å²) in [7, 11) is 0. The first-order valence-corrected chi connectivity index (χ1v) is 6.04. The molecule has 0 bridgehead atoms. The average molecular weight is 283 g/mol. The van der Waals surface area contributed by atoms with Gasteiger partial charge in [0, 0.05) is 17.8 Å². The van der Waals surface area contributed by atoms with Crippen molar-refractivity contribution >= 4 is 11.7 Å². The Labute approximate surface area is 115 Å². The summed E-state index contributed by atoms with van der Waals surface area (Å²) in [6, 6.07) is 6.90. The van der Waals surface area contributed by atoms with Crippen LogP contribution in [0, 0.1) is 11.3 Å². The minimum Gasteiger partial charge on any atom is -0.435 e. The molecule has 0 saturated carbocycles.